The largest absolute Gasteiger partial charge is 0.394 e. The van der Waals surface area contributed by atoms with Gasteiger partial charge < -0.3 is 21.1 Å². The predicted molar refractivity (Wildman–Crippen MR) is 94.6 cm³/mol. The van der Waals surface area contributed by atoms with E-state index in [0.29, 0.717) is 11.3 Å². The minimum absolute atomic E-state index is 0.252. The molecule has 0 unspecified atom stereocenters. The third kappa shape index (κ3) is 3.59. The second-order valence-electron chi connectivity index (χ2n) is 6.26. The zero-order chi connectivity index (χ0) is 15.4. The number of aliphatic hydroxyl groups is 1. The van der Waals surface area contributed by atoms with E-state index in [1.165, 1.54) is 17.7 Å². The van der Waals surface area contributed by atoms with Crippen LogP contribution >= 0.6 is 11.8 Å². The highest BCUT2D eigenvalue weighted by molar-refractivity contribution is 7.99. The molecule has 2 fully saturated rings. The molecule has 1 aromatic carbocycles. The number of benzene rings is 1. The van der Waals surface area contributed by atoms with E-state index in [9.17, 15) is 5.11 Å². The van der Waals surface area contributed by atoms with E-state index in [4.69, 9.17) is 5.73 Å². The highest BCUT2D eigenvalue weighted by Crippen LogP contribution is 2.34. The fourth-order valence-corrected chi connectivity index (χ4v) is 4.73. The van der Waals surface area contributed by atoms with Gasteiger partial charge in [-0.3, -0.25) is 0 Å². The Kier molecular flexibility index (Phi) is 5.63. The molecule has 0 aliphatic carbocycles. The molecule has 3 rings (SSSR count). The Bertz CT molecular complexity index is 485. The summed E-state index contributed by atoms with van der Waals surface area (Å²) in [6.45, 7) is 3.01. The van der Waals surface area contributed by atoms with E-state index in [2.05, 4.69) is 34.5 Å². The van der Waals surface area contributed by atoms with E-state index in [1.54, 1.807) is 0 Å². The van der Waals surface area contributed by atoms with Crippen molar-refractivity contribution in [3.63, 3.8) is 0 Å². The van der Waals surface area contributed by atoms with Crippen molar-refractivity contribution in [2.75, 3.05) is 36.9 Å². The van der Waals surface area contributed by atoms with Gasteiger partial charge in [-0.1, -0.05) is 12.1 Å². The normalized spacial score (nSPS) is 29.5. The lowest BCUT2D eigenvalue weighted by molar-refractivity contribution is 0.266. The lowest BCUT2D eigenvalue weighted by atomic mass is 10.1. The van der Waals surface area contributed by atoms with Gasteiger partial charge in [0.05, 0.1) is 12.6 Å². The maximum absolute atomic E-state index is 9.54. The van der Waals surface area contributed by atoms with Crippen LogP contribution in [0.1, 0.15) is 30.1 Å². The molecule has 0 aromatic heterocycles. The molecule has 5 heteroatoms. The van der Waals surface area contributed by atoms with E-state index < -0.39 is 0 Å². The average molecular weight is 321 g/mol. The summed E-state index contributed by atoms with van der Waals surface area (Å²) in [6, 6.07) is 9.62. The number of nitrogens with two attached hydrogens (primary N) is 1. The van der Waals surface area contributed by atoms with Gasteiger partial charge in [0.25, 0.3) is 0 Å². The molecule has 2 saturated heterocycles. The molecule has 0 amide bonds. The molecule has 2 heterocycles. The van der Waals surface area contributed by atoms with Crippen LogP contribution in [0.15, 0.2) is 24.3 Å². The maximum Gasteiger partial charge on any atom is 0.0635 e. The van der Waals surface area contributed by atoms with Gasteiger partial charge in [0.15, 0.2) is 0 Å². The smallest absolute Gasteiger partial charge is 0.0635 e. The summed E-state index contributed by atoms with van der Waals surface area (Å²) in [5.74, 6) is 1.16. The Morgan fingerprint density at radius 1 is 1.36 bits per heavy atom. The summed E-state index contributed by atoms with van der Waals surface area (Å²) in [6.07, 6.45) is 3.42. The number of aliphatic hydroxyl groups excluding tert-OH is 1. The van der Waals surface area contributed by atoms with Gasteiger partial charge in [-0.2, -0.15) is 11.8 Å². The summed E-state index contributed by atoms with van der Waals surface area (Å²) >= 11 is 2.03. The standard InChI is InChI=1S/C17H27N3OS/c18-10-14-6-8-22-17(11-19-14)13-3-1-4-15(9-13)20-7-2-5-16(20)12-21/h1,3-4,9,14,16-17,19,21H,2,5-8,10-12,18H2/t14-,16-,17-/m0/s1. The summed E-state index contributed by atoms with van der Waals surface area (Å²) in [7, 11) is 0. The Morgan fingerprint density at radius 2 is 2.27 bits per heavy atom. The minimum atomic E-state index is 0.252. The molecular weight excluding hydrogens is 294 g/mol. The molecule has 2 aliphatic rings. The second-order valence-corrected chi connectivity index (χ2v) is 7.57. The van der Waals surface area contributed by atoms with Crippen LogP contribution in [0.25, 0.3) is 0 Å². The lowest BCUT2D eigenvalue weighted by Gasteiger charge is -2.26. The monoisotopic (exact) mass is 321 g/mol. The summed E-state index contributed by atoms with van der Waals surface area (Å²) in [5, 5.41) is 13.6. The van der Waals surface area contributed by atoms with Crippen molar-refractivity contribution in [2.45, 2.75) is 36.6 Å². The van der Waals surface area contributed by atoms with Crippen LogP contribution in [-0.4, -0.2) is 49.2 Å². The summed E-state index contributed by atoms with van der Waals surface area (Å²) in [4.78, 5) is 2.36. The molecule has 0 saturated carbocycles. The van der Waals surface area contributed by atoms with Crippen LogP contribution < -0.4 is 16.0 Å². The fraction of sp³-hybridized carbons (Fsp3) is 0.647. The van der Waals surface area contributed by atoms with E-state index in [1.807, 2.05) is 11.8 Å². The molecule has 0 radical (unpaired) electrons. The molecule has 0 spiro atoms. The van der Waals surface area contributed by atoms with Crippen LogP contribution in [0.3, 0.4) is 0 Å². The minimum Gasteiger partial charge on any atom is -0.394 e. The van der Waals surface area contributed by atoms with Gasteiger partial charge in [-0.15, -0.1) is 0 Å². The number of hydrogen-bond acceptors (Lipinski definition) is 5. The van der Waals surface area contributed by atoms with Crippen LogP contribution in [-0.2, 0) is 0 Å². The maximum atomic E-state index is 9.54. The van der Waals surface area contributed by atoms with E-state index in [-0.39, 0.29) is 12.6 Å². The Balaban J connectivity index is 1.73. The lowest BCUT2D eigenvalue weighted by Crippen LogP contribution is -2.36. The molecule has 0 bridgehead atoms. The van der Waals surface area contributed by atoms with Gasteiger partial charge in [0.1, 0.15) is 0 Å². The molecule has 4 nitrogen and oxygen atoms in total. The number of thioether (sulfide) groups is 1. The first-order valence-corrected chi connectivity index (χ1v) is 9.39. The highest BCUT2D eigenvalue weighted by Gasteiger charge is 2.25. The number of nitrogens with one attached hydrogen (secondary N) is 1. The first kappa shape index (κ1) is 16.1. The van der Waals surface area contributed by atoms with E-state index >= 15 is 0 Å². The predicted octanol–water partition coefficient (Wildman–Crippen LogP) is 1.74. The Hall–Kier alpha value is -0.750. The van der Waals surface area contributed by atoms with Gasteiger partial charge in [-0.25, -0.2) is 0 Å². The van der Waals surface area contributed by atoms with Crippen molar-refractivity contribution < 1.29 is 5.11 Å². The third-order valence-corrected chi connectivity index (χ3v) is 6.14. The molecular formula is C17H27N3OS. The quantitative estimate of drug-likeness (QED) is 0.788. The van der Waals surface area contributed by atoms with Gasteiger partial charge in [0, 0.05) is 36.6 Å². The van der Waals surface area contributed by atoms with Crippen LogP contribution in [0.5, 0.6) is 0 Å². The Morgan fingerprint density at radius 3 is 3.09 bits per heavy atom. The second kappa shape index (κ2) is 7.68. The molecule has 122 valence electrons. The summed E-state index contributed by atoms with van der Waals surface area (Å²) in [5.41, 5.74) is 8.44. The molecule has 2 aliphatic heterocycles. The van der Waals surface area contributed by atoms with Crippen molar-refractivity contribution in [3.8, 4) is 0 Å². The van der Waals surface area contributed by atoms with Crippen molar-refractivity contribution in [1.29, 1.82) is 0 Å². The van der Waals surface area contributed by atoms with E-state index in [0.717, 1.165) is 38.2 Å². The van der Waals surface area contributed by atoms with Crippen molar-refractivity contribution in [2.24, 2.45) is 5.73 Å². The van der Waals surface area contributed by atoms with Crippen LogP contribution in [0, 0.1) is 0 Å². The number of rotatable bonds is 4. The first-order chi connectivity index (χ1) is 10.8. The molecule has 4 N–H and O–H groups in total. The zero-order valence-corrected chi connectivity index (χ0v) is 13.9. The molecule has 22 heavy (non-hydrogen) atoms. The van der Waals surface area contributed by atoms with Crippen molar-refractivity contribution in [1.82, 2.24) is 5.32 Å². The van der Waals surface area contributed by atoms with Crippen molar-refractivity contribution >= 4 is 17.4 Å². The zero-order valence-electron chi connectivity index (χ0n) is 13.1. The third-order valence-electron chi connectivity index (χ3n) is 4.82. The highest BCUT2D eigenvalue weighted by atomic mass is 32.2. The molecule has 3 atom stereocenters. The van der Waals surface area contributed by atoms with Gasteiger partial charge >= 0.3 is 0 Å². The van der Waals surface area contributed by atoms with Gasteiger partial charge in [-0.05, 0) is 42.7 Å². The van der Waals surface area contributed by atoms with Crippen molar-refractivity contribution in [3.05, 3.63) is 29.8 Å². The summed E-state index contributed by atoms with van der Waals surface area (Å²) < 4.78 is 0. The number of nitrogens with zero attached hydrogens (tertiary/aromatic N) is 1. The fourth-order valence-electron chi connectivity index (χ4n) is 3.47. The average Bonchev–Trinajstić information content (AvgIpc) is 2.91. The SMILES string of the molecule is NC[C@@H]1CCS[C@H](c2cccc(N3CCC[C@H]3CO)c2)CN1. The number of hydrogen-bond donors (Lipinski definition) is 3. The van der Waals surface area contributed by atoms with Crippen LogP contribution in [0.4, 0.5) is 5.69 Å². The number of anilines is 1. The Labute approximate surface area is 137 Å². The molecule has 1 aromatic rings. The first-order valence-electron chi connectivity index (χ1n) is 8.34. The van der Waals surface area contributed by atoms with Gasteiger partial charge in [0.2, 0.25) is 0 Å². The van der Waals surface area contributed by atoms with Crippen LogP contribution in [0.2, 0.25) is 0 Å². The topological polar surface area (TPSA) is 61.5 Å².